The standard InChI is InChI=1S/C25H26F3N5O3/c26-25(27,28)19-3-1-4-20(16-19)32-24(34)21-5-2-7-30-23(21)31-17-18-6-8-29-22(15-18)36-14-11-33-9-12-35-13-10-33/h1-8,15-16H,9-14,17H2,(H,30,31)(H,32,34). The van der Waals surface area contributed by atoms with E-state index in [1.165, 1.54) is 18.3 Å². The molecule has 0 spiro atoms. The van der Waals surface area contributed by atoms with Crippen LogP contribution >= 0.6 is 0 Å². The minimum absolute atomic E-state index is 0.0395. The smallest absolute Gasteiger partial charge is 0.416 e. The first-order valence-electron chi connectivity index (χ1n) is 11.4. The lowest BCUT2D eigenvalue weighted by Gasteiger charge is -2.26. The van der Waals surface area contributed by atoms with E-state index >= 15 is 0 Å². The van der Waals surface area contributed by atoms with E-state index in [0.717, 1.165) is 50.5 Å². The summed E-state index contributed by atoms with van der Waals surface area (Å²) in [6, 6.07) is 11.2. The van der Waals surface area contributed by atoms with Crippen molar-refractivity contribution in [2.24, 2.45) is 0 Å². The van der Waals surface area contributed by atoms with Gasteiger partial charge < -0.3 is 20.1 Å². The molecule has 0 radical (unpaired) electrons. The maximum absolute atomic E-state index is 13.0. The number of carbonyl (C=O) groups excluding carboxylic acids is 1. The van der Waals surface area contributed by atoms with Gasteiger partial charge in [0.1, 0.15) is 12.4 Å². The Morgan fingerprint density at radius 1 is 1.06 bits per heavy atom. The average molecular weight is 502 g/mol. The Kier molecular flexibility index (Phi) is 8.34. The second kappa shape index (κ2) is 11.8. The Balaban J connectivity index is 1.35. The maximum Gasteiger partial charge on any atom is 0.416 e. The molecular formula is C25H26F3N5O3. The fourth-order valence-corrected chi connectivity index (χ4v) is 3.63. The van der Waals surface area contributed by atoms with E-state index in [1.54, 1.807) is 24.4 Å². The van der Waals surface area contributed by atoms with Crippen molar-refractivity contribution >= 4 is 17.4 Å². The van der Waals surface area contributed by atoms with Gasteiger partial charge in [0.05, 0.1) is 24.3 Å². The van der Waals surface area contributed by atoms with Gasteiger partial charge in [0.2, 0.25) is 5.88 Å². The van der Waals surface area contributed by atoms with Gasteiger partial charge in [0.25, 0.3) is 5.91 Å². The molecule has 1 amide bonds. The zero-order valence-corrected chi connectivity index (χ0v) is 19.4. The monoisotopic (exact) mass is 501 g/mol. The molecule has 1 aromatic carbocycles. The van der Waals surface area contributed by atoms with Crippen LogP contribution in [0.4, 0.5) is 24.7 Å². The fraction of sp³-hybridized carbons (Fsp3) is 0.320. The van der Waals surface area contributed by atoms with E-state index in [1.807, 2.05) is 6.07 Å². The molecule has 4 rings (SSSR count). The quantitative estimate of drug-likeness (QED) is 0.457. The zero-order valence-electron chi connectivity index (χ0n) is 19.4. The van der Waals surface area contributed by atoms with Crippen molar-refractivity contribution in [2.75, 3.05) is 50.1 Å². The molecule has 0 unspecified atom stereocenters. The number of nitrogens with zero attached hydrogens (tertiary/aromatic N) is 3. The molecule has 0 atom stereocenters. The topological polar surface area (TPSA) is 88.6 Å². The molecule has 0 saturated carbocycles. The first-order valence-corrected chi connectivity index (χ1v) is 11.4. The summed E-state index contributed by atoms with van der Waals surface area (Å²) in [7, 11) is 0. The Labute approximate surface area is 206 Å². The molecule has 8 nitrogen and oxygen atoms in total. The van der Waals surface area contributed by atoms with Crippen LogP contribution in [-0.2, 0) is 17.5 Å². The number of ether oxygens (including phenoxy) is 2. The molecule has 0 aliphatic carbocycles. The van der Waals surface area contributed by atoms with E-state index in [0.29, 0.717) is 24.8 Å². The third-order valence-corrected chi connectivity index (χ3v) is 5.52. The van der Waals surface area contributed by atoms with Crippen molar-refractivity contribution in [3.05, 3.63) is 77.6 Å². The number of alkyl halides is 3. The predicted octanol–water partition coefficient (Wildman–Crippen LogP) is 4.07. The molecule has 190 valence electrons. The van der Waals surface area contributed by atoms with Crippen molar-refractivity contribution in [2.45, 2.75) is 12.7 Å². The third kappa shape index (κ3) is 7.15. The number of hydrogen-bond acceptors (Lipinski definition) is 7. The summed E-state index contributed by atoms with van der Waals surface area (Å²) in [5.74, 6) is 0.214. The van der Waals surface area contributed by atoms with Crippen LogP contribution in [0.1, 0.15) is 21.5 Å². The number of rotatable bonds is 9. The summed E-state index contributed by atoms with van der Waals surface area (Å²) in [5.41, 5.74) is 0.260. The lowest BCUT2D eigenvalue weighted by molar-refractivity contribution is -0.137. The van der Waals surface area contributed by atoms with Gasteiger partial charge in [0, 0.05) is 50.3 Å². The predicted molar refractivity (Wildman–Crippen MR) is 128 cm³/mol. The lowest BCUT2D eigenvalue weighted by atomic mass is 10.1. The number of anilines is 2. The largest absolute Gasteiger partial charge is 0.476 e. The second-order valence-electron chi connectivity index (χ2n) is 8.09. The molecule has 36 heavy (non-hydrogen) atoms. The van der Waals surface area contributed by atoms with Gasteiger partial charge in [-0.2, -0.15) is 13.2 Å². The molecule has 1 aliphatic heterocycles. The zero-order chi connectivity index (χ0) is 25.4. The third-order valence-electron chi connectivity index (χ3n) is 5.52. The summed E-state index contributed by atoms with van der Waals surface area (Å²) in [5, 5.41) is 5.62. The molecule has 2 N–H and O–H groups in total. The number of carbonyl (C=O) groups is 1. The van der Waals surface area contributed by atoms with Crippen LogP contribution in [0.3, 0.4) is 0 Å². The first kappa shape index (κ1) is 25.4. The average Bonchev–Trinajstić information content (AvgIpc) is 2.88. The van der Waals surface area contributed by atoms with Crippen LogP contribution in [0.5, 0.6) is 5.88 Å². The highest BCUT2D eigenvalue weighted by Crippen LogP contribution is 2.31. The van der Waals surface area contributed by atoms with Gasteiger partial charge in [-0.15, -0.1) is 0 Å². The van der Waals surface area contributed by atoms with Crippen molar-refractivity contribution in [1.29, 1.82) is 0 Å². The maximum atomic E-state index is 13.0. The van der Waals surface area contributed by atoms with Crippen molar-refractivity contribution in [3.8, 4) is 5.88 Å². The summed E-state index contributed by atoms with van der Waals surface area (Å²) < 4.78 is 50.1. The van der Waals surface area contributed by atoms with Crippen molar-refractivity contribution < 1.29 is 27.4 Å². The number of hydrogen-bond donors (Lipinski definition) is 2. The second-order valence-corrected chi connectivity index (χ2v) is 8.09. The minimum Gasteiger partial charge on any atom is -0.476 e. The summed E-state index contributed by atoms with van der Waals surface area (Å²) >= 11 is 0. The highest BCUT2D eigenvalue weighted by atomic mass is 19.4. The van der Waals surface area contributed by atoms with Crippen LogP contribution < -0.4 is 15.4 Å². The van der Waals surface area contributed by atoms with Crippen LogP contribution in [0, 0.1) is 0 Å². The normalized spacial score (nSPS) is 14.3. The first-order chi connectivity index (χ1) is 17.4. The lowest BCUT2D eigenvalue weighted by Crippen LogP contribution is -2.38. The molecule has 1 fully saturated rings. The molecule has 1 aliphatic rings. The van der Waals surface area contributed by atoms with Gasteiger partial charge in [-0.05, 0) is 42.0 Å². The molecule has 3 heterocycles. The number of pyridine rings is 2. The Morgan fingerprint density at radius 2 is 1.89 bits per heavy atom. The number of nitrogens with one attached hydrogen (secondary N) is 2. The summed E-state index contributed by atoms with van der Waals surface area (Å²) in [6.45, 7) is 4.85. The minimum atomic E-state index is -4.50. The number of benzene rings is 1. The molecular weight excluding hydrogens is 475 g/mol. The molecule has 3 aromatic rings. The highest BCUT2D eigenvalue weighted by molar-refractivity contribution is 6.07. The molecule has 1 saturated heterocycles. The van der Waals surface area contributed by atoms with E-state index in [9.17, 15) is 18.0 Å². The molecule has 11 heteroatoms. The number of amides is 1. The van der Waals surface area contributed by atoms with Gasteiger partial charge in [-0.3, -0.25) is 9.69 Å². The summed E-state index contributed by atoms with van der Waals surface area (Å²) in [6.07, 6.45) is -1.34. The van der Waals surface area contributed by atoms with Gasteiger partial charge in [-0.25, -0.2) is 9.97 Å². The van der Waals surface area contributed by atoms with Gasteiger partial charge in [-0.1, -0.05) is 6.07 Å². The Morgan fingerprint density at radius 3 is 2.69 bits per heavy atom. The van der Waals surface area contributed by atoms with Crippen LogP contribution in [0.2, 0.25) is 0 Å². The molecule has 0 bridgehead atoms. The SMILES string of the molecule is O=C(Nc1cccc(C(F)(F)F)c1)c1cccnc1NCc1ccnc(OCCN2CCOCC2)c1. The number of halogens is 3. The van der Waals surface area contributed by atoms with Gasteiger partial charge in [0.15, 0.2) is 0 Å². The van der Waals surface area contributed by atoms with Crippen molar-refractivity contribution in [3.63, 3.8) is 0 Å². The van der Waals surface area contributed by atoms with Gasteiger partial charge >= 0.3 is 6.18 Å². The summed E-state index contributed by atoms with van der Waals surface area (Å²) in [4.78, 5) is 23.5. The Hall–Kier alpha value is -3.70. The highest BCUT2D eigenvalue weighted by Gasteiger charge is 2.30. The van der Waals surface area contributed by atoms with Crippen LogP contribution in [0.25, 0.3) is 0 Å². The van der Waals surface area contributed by atoms with E-state index in [4.69, 9.17) is 9.47 Å². The number of aromatic nitrogens is 2. The number of morpholine rings is 1. The van der Waals surface area contributed by atoms with Crippen molar-refractivity contribution in [1.82, 2.24) is 14.9 Å². The molecule has 2 aromatic heterocycles. The van der Waals surface area contributed by atoms with E-state index in [2.05, 4.69) is 25.5 Å². The van der Waals surface area contributed by atoms with E-state index < -0.39 is 17.6 Å². The van der Waals surface area contributed by atoms with E-state index in [-0.39, 0.29) is 11.3 Å². The Bertz CT molecular complexity index is 1170. The van der Waals surface area contributed by atoms with Crippen LogP contribution in [-0.4, -0.2) is 60.2 Å². The van der Waals surface area contributed by atoms with Crippen LogP contribution in [0.15, 0.2) is 60.9 Å². The fourth-order valence-electron chi connectivity index (χ4n) is 3.63.